The van der Waals surface area contributed by atoms with E-state index in [1.54, 1.807) is 32.9 Å². The van der Waals surface area contributed by atoms with E-state index in [1.807, 2.05) is 30.3 Å². The number of hydrogen-bond acceptors (Lipinski definition) is 9. The molecule has 0 aliphatic carbocycles. The van der Waals surface area contributed by atoms with Crippen molar-refractivity contribution in [3.8, 4) is 11.1 Å². The van der Waals surface area contributed by atoms with Gasteiger partial charge in [0.25, 0.3) is 0 Å². The number of benzene rings is 2. The van der Waals surface area contributed by atoms with E-state index < -0.39 is 38.0 Å². The van der Waals surface area contributed by atoms with Gasteiger partial charge in [0.15, 0.2) is 14.1 Å². The van der Waals surface area contributed by atoms with Crippen LogP contribution < -0.4 is 15.3 Å². The van der Waals surface area contributed by atoms with E-state index in [0.717, 1.165) is 11.3 Å². The van der Waals surface area contributed by atoms with Crippen molar-refractivity contribution in [1.82, 2.24) is 10.6 Å². The Balaban J connectivity index is 1.23. The van der Waals surface area contributed by atoms with Crippen LogP contribution in [0.1, 0.15) is 47.1 Å². The van der Waals surface area contributed by atoms with Crippen molar-refractivity contribution in [3.63, 3.8) is 0 Å². The number of amides is 2. The minimum atomic E-state index is -1.90. The maximum absolute atomic E-state index is 15.5. The molecule has 3 heterocycles. The van der Waals surface area contributed by atoms with E-state index in [1.165, 1.54) is 28.2 Å². The van der Waals surface area contributed by atoms with Crippen molar-refractivity contribution in [3.05, 3.63) is 72.3 Å². The van der Waals surface area contributed by atoms with Gasteiger partial charge in [0.1, 0.15) is 29.9 Å². The molecule has 2 aliphatic rings. The van der Waals surface area contributed by atoms with Crippen molar-refractivity contribution in [2.75, 3.05) is 29.5 Å². The molecule has 5 rings (SSSR count). The first-order valence-corrected chi connectivity index (χ1v) is 18.5. The molecule has 0 saturated carbocycles. The number of rotatable bonds is 9. The Labute approximate surface area is 275 Å². The summed E-state index contributed by atoms with van der Waals surface area (Å²) in [5, 5.41) is 3.95. The molecular weight excluding hydrogens is 623 g/mol. The molecule has 1 aromatic heterocycles. The number of anilines is 2. The van der Waals surface area contributed by atoms with E-state index in [-0.39, 0.29) is 30.0 Å². The van der Waals surface area contributed by atoms with Crippen LogP contribution in [-0.2, 0) is 18.7 Å². The molecule has 13 heteroatoms. The van der Waals surface area contributed by atoms with Gasteiger partial charge >= 0.3 is 12.2 Å². The molecule has 3 aromatic rings. The summed E-state index contributed by atoms with van der Waals surface area (Å²) >= 11 is 0. The number of carbonyl (C=O) groups is 2. The molecule has 252 valence electrons. The normalized spacial score (nSPS) is 18.5. The van der Waals surface area contributed by atoms with Crippen LogP contribution in [0.15, 0.2) is 65.4 Å². The highest BCUT2D eigenvalue weighted by atomic mass is 28.4. The fraction of sp³-hybridized carbons (Fsp3) is 0.441. The second-order valence-electron chi connectivity index (χ2n) is 14.2. The van der Waals surface area contributed by atoms with Crippen LogP contribution in [0.3, 0.4) is 0 Å². The van der Waals surface area contributed by atoms with Crippen molar-refractivity contribution in [2.45, 2.75) is 77.5 Å². The van der Waals surface area contributed by atoms with E-state index in [2.05, 4.69) is 44.5 Å². The molecule has 2 aromatic carbocycles. The lowest BCUT2D eigenvalue weighted by molar-refractivity contribution is 0.0203. The van der Waals surface area contributed by atoms with Gasteiger partial charge in [0.05, 0.1) is 31.1 Å². The van der Waals surface area contributed by atoms with Gasteiger partial charge in [0.2, 0.25) is 0 Å². The van der Waals surface area contributed by atoms with Crippen molar-refractivity contribution in [2.24, 2.45) is 0 Å². The number of hydrogen-bond donors (Lipinski definition) is 1. The van der Waals surface area contributed by atoms with Gasteiger partial charge in [-0.25, -0.2) is 14.0 Å². The highest BCUT2D eigenvalue weighted by molar-refractivity contribution is 6.74. The topological polar surface area (TPSA) is 116 Å². The number of halogens is 1. The van der Waals surface area contributed by atoms with Crippen LogP contribution in [-0.4, -0.2) is 63.2 Å². The maximum Gasteiger partial charge on any atom is 0.416 e. The van der Waals surface area contributed by atoms with Gasteiger partial charge < -0.3 is 18.4 Å². The fourth-order valence-electron chi connectivity index (χ4n) is 4.83. The zero-order valence-corrected chi connectivity index (χ0v) is 29.1. The summed E-state index contributed by atoms with van der Waals surface area (Å²) < 4.78 is 37.7. The van der Waals surface area contributed by atoms with Crippen LogP contribution in [0.25, 0.3) is 16.8 Å². The maximum atomic E-state index is 15.5. The third kappa shape index (κ3) is 8.03. The lowest BCUT2D eigenvalue weighted by atomic mass is 10.0. The fourth-order valence-corrected chi connectivity index (χ4v) is 5.84. The Morgan fingerprint density at radius 2 is 1.79 bits per heavy atom. The van der Waals surface area contributed by atoms with Crippen molar-refractivity contribution >= 4 is 37.7 Å². The molecule has 1 N–H and O–H groups in total. The summed E-state index contributed by atoms with van der Waals surface area (Å²) in [5.41, 5.74) is 5.36. The average Bonchev–Trinajstić information content (AvgIpc) is 3.75. The highest BCUT2D eigenvalue weighted by Crippen LogP contribution is 2.37. The van der Waals surface area contributed by atoms with Gasteiger partial charge in [-0.05, 0) is 74.3 Å². The van der Waals surface area contributed by atoms with E-state index >= 15 is 4.39 Å². The number of aromatic nitrogens is 1. The first kappa shape index (κ1) is 34.1. The number of ether oxygens (including phenoxy) is 2. The summed E-state index contributed by atoms with van der Waals surface area (Å²) in [5.74, 6) is -0.271. The zero-order chi connectivity index (χ0) is 34.1. The lowest BCUT2D eigenvalue weighted by Crippen LogP contribution is -2.42. The lowest BCUT2D eigenvalue weighted by Gasteiger charge is -2.36. The second-order valence-corrected chi connectivity index (χ2v) is 19.0. The molecule has 0 radical (unpaired) electrons. The average molecular weight is 667 g/mol. The molecule has 11 nitrogen and oxygen atoms in total. The van der Waals surface area contributed by atoms with Gasteiger partial charge in [-0.3, -0.25) is 20.1 Å². The summed E-state index contributed by atoms with van der Waals surface area (Å²) in [4.78, 5) is 34.0. The third-order valence-corrected chi connectivity index (χ3v) is 12.9. The molecule has 1 unspecified atom stereocenters. The molecule has 0 bridgehead atoms. The SMILES string of the molecule is CC(C)(C)OC(=O)N(C[C@H]1CN(c2ccc(-c3ccc(C4=CC(CO[Si](C)(C)C(C)(C)C)ON4)cc3)c(F)c2)C(=O)O1)c1ccon1. The molecular formula is C34H43FN4O7Si. The predicted molar refractivity (Wildman–Crippen MR) is 179 cm³/mol. The number of hydroxylamine groups is 1. The van der Waals surface area contributed by atoms with E-state index in [4.69, 9.17) is 23.3 Å². The van der Waals surface area contributed by atoms with Crippen molar-refractivity contribution < 1.29 is 37.2 Å². The van der Waals surface area contributed by atoms with Gasteiger partial charge in [-0.15, -0.1) is 0 Å². The molecule has 1 saturated heterocycles. The Morgan fingerprint density at radius 3 is 2.40 bits per heavy atom. The molecule has 2 atom stereocenters. The quantitative estimate of drug-likeness (QED) is 0.232. The van der Waals surface area contributed by atoms with Crippen LogP contribution >= 0.6 is 0 Å². The third-order valence-electron chi connectivity index (χ3n) is 8.43. The monoisotopic (exact) mass is 666 g/mol. The van der Waals surface area contributed by atoms with Crippen LogP contribution in [0.4, 0.5) is 25.5 Å². The molecule has 2 amide bonds. The number of nitrogens with one attached hydrogen (secondary N) is 1. The summed E-state index contributed by atoms with van der Waals surface area (Å²) in [6.45, 7) is 16.8. The van der Waals surface area contributed by atoms with Crippen LogP contribution in [0.5, 0.6) is 0 Å². The predicted octanol–water partition coefficient (Wildman–Crippen LogP) is 7.51. The number of nitrogens with zero attached hydrogens (tertiary/aromatic N) is 3. The largest absolute Gasteiger partial charge is 0.443 e. The first-order valence-electron chi connectivity index (χ1n) is 15.6. The Morgan fingerprint density at radius 1 is 1.09 bits per heavy atom. The van der Waals surface area contributed by atoms with E-state index in [9.17, 15) is 9.59 Å². The summed E-state index contributed by atoms with van der Waals surface area (Å²) in [6.07, 6.45) is 1.09. The standard InChI is InChI=1S/C34H43FN4O7Si/c1-33(2,3)45-32(41)39(30-15-16-42-37-30)20-26-19-38(31(40)44-26)24-13-14-27(28(35)17-24)22-9-11-23(12-10-22)29-18-25(46-36-29)21-43-47(7,8)34(4,5)6/h9-18,25-26,36H,19-21H2,1-8H3/t25?,26-/m1/s1. The Kier molecular flexibility index (Phi) is 9.54. The Bertz CT molecular complexity index is 1610. The summed E-state index contributed by atoms with van der Waals surface area (Å²) in [6, 6.07) is 13.6. The minimum Gasteiger partial charge on any atom is -0.443 e. The zero-order valence-electron chi connectivity index (χ0n) is 28.1. The highest BCUT2D eigenvalue weighted by Gasteiger charge is 2.39. The number of carbonyl (C=O) groups excluding carboxylic acids is 2. The van der Waals surface area contributed by atoms with Crippen molar-refractivity contribution in [1.29, 1.82) is 0 Å². The molecule has 2 aliphatic heterocycles. The van der Waals surface area contributed by atoms with Crippen LogP contribution in [0.2, 0.25) is 18.1 Å². The second kappa shape index (κ2) is 13.1. The summed E-state index contributed by atoms with van der Waals surface area (Å²) in [7, 11) is -1.90. The van der Waals surface area contributed by atoms with Gasteiger partial charge in [-0.2, -0.15) is 0 Å². The van der Waals surface area contributed by atoms with Gasteiger partial charge in [-0.1, -0.05) is 50.2 Å². The molecule has 0 spiro atoms. The minimum absolute atomic E-state index is 0.0304. The number of cyclic esters (lactones) is 1. The molecule has 47 heavy (non-hydrogen) atoms. The van der Waals surface area contributed by atoms with Gasteiger partial charge in [0, 0.05) is 11.6 Å². The smallest absolute Gasteiger partial charge is 0.416 e. The van der Waals surface area contributed by atoms with Crippen LogP contribution in [0, 0.1) is 5.82 Å². The molecule has 1 fully saturated rings. The van der Waals surface area contributed by atoms with E-state index in [0.29, 0.717) is 23.4 Å². The Hall–Kier alpha value is -4.20. The first-order chi connectivity index (χ1) is 22.0.